The number of carbonyl (C=O) groups excluding carboxylic acids is 1. The molecule has 2 aromatic carbocycles. The van der Waals surface area contributed by atoms with Gasteiger partial charge in [0.1, 0.15) is 0 Å². The lowest BCUT2D eigenvalue weighted by molar-refractivity contribution is -0.134. The lowest BCUT2D eigenvalue weighted by Gasteiger charge is -2.40. The summed E-state index contributed by atoms with van der Waals surface area (Å²) in [5.41, 5.74) is 2.68. The Hall–Kier alpha value is -2.17. The standard InChI is InChI=1S/C25H33N3O/c1-21-9-8-14-28(19-21)24(29)20-26-15-17-27(18-16-26)25(22-10-4-2-5-11-22)23-12-6-3-7-13-23/h2-7,10-13,21,25H,8-9,14-20H2,1H3. The molecule has 2 aromatic rings. The Morgan fingerprint density at radius 2 is 1.48 bits per heavy atom. The predicted octanol–water partition coefficient (Wildman–Crippen LogP) is 3.65. The maximum Gasteiger partial charge on any atom is 0.236 e. The number of piperidine rings is 1. The molecule has 2 aliphatic heterocycles. The first kappa shape index (κ1) is 20.1. The van der Waals surface area contributed by atoms with E-state index in [1.165, 1.54) is 17.5 Å². The molecular weight excluding hydrogens is 358 g/mol. The highest BCUT2D eigenvalue weighted by Crippen LogP contribution is 2.29. The lowest BCUT2D eigenvalue weighted by atomic mass is 9.96. The number of nitrogens with zero attached hydrogens (tertiary/aromatic N) is 3. The number of benzene rings is 2. The van der Waals surface area contributed by atoms with Gasteiger partial charge in [-0.2, -0.15) is 0 Å². The molecule has 1 unspecified atom stereocenters. The number of carbonyl (C=O) groups is 1. The van der Waals surface area contributed by atoms with Crippen molar-refractivity contribution in [2.75, 3.05) is 45.8 Å². The average Bonchev–Trinajstić information content (AvgIpc) is 2.77. The fraction of sp³-hybridized carbons (Fsp3) is 0.480. The van der Waals surface area contributed by atoms with E-state index in [0.29, 0.717) is 18.4 Å². The molecule has 0 N–H and O–H groups in total. The molecule has 0 saturated carbocycles. The minimum atomic E-state index is 0.276. The van der Waals surface area contributed by atoms with Crippen molar-refractivity contribution in [2.45, 2.75) is 25.8 Å². The maximum atomic E-state index is 12.7. The Labute approximate surface area is 175 Å². The van der Waals surface area contributed by atoms with Crippen LogP contribution >= 0.6 is 0 Å². The van der Waals surface area contributed by atoms with E-state index in [1.807, 2.05) is 0 Å². The second-order valence-corrected chi connectivity index (χ2v) is 8.62. The third-order valence-corrected chi connectivity index (χ3v) is 6.37. The van der Waals surface area contributed by atoms with E-state index in [2.05, 4.69) is 82.3 Å². The average molecular weight is 392 g/mol. The molecule has 2 aliphatic rings. The highest BCUT2D eigenvalue weighted by atomic mass is 16.2. The minimum absolute atomic E-state index is 0.276. The Morgan fingerprint density at radius 1 is 0.897 bits per heavy atom. The fourth-order valence-corrected chi connectivity index (χ4v) is 4.77. The summed E-state index contributed by atoms with van der Waals surface area (Å²) in [7, 11) is 0. The zero-order valence-corrected chi connectivity index (χ0v) is 17.5. The van der Waals surface area contributed by atoms with Crippen molar-refractivity contribution >= 4 is 5.91 Å². The molecule has 1 amide bonds. The second kappa shape index (κ2) is 9.55. The van der Waals surface area contributed by atoms with Crippen molar-refractivity contribution in [2.24, 2.45) is 5.92 Å². The Morgan fingerprint density at radius 3 is 2.03 bits per heavy atom. The normalized spacial score (nSPS) is 21.4. The minimum Gasteiger partial charge on any atom is -0.341 e. The van der Waals surface area contributed by atoms with Crippen LogP contribution in [-0.4, -0.2) is 66.4 Å². The van der Waals surface area contributed by atoms with E-state index in [9.17, 15) is 4.79 Å². The van der Waals surface area contributed by atoms with E-state index in [0.717, 1.165) is 45.7 Å². The summed E-state index contributed by atoms with van der Waals surface area (Å²) in [6.07, 6.45) is 2.40. The Bertz CT molecular complexity index is 732. The van der Waals surface area contributed by atoms with E-state index in [1.54, 1.807) is 0 Å². The molecule has 0 spiro atoms. The molecule has 2 saturated heterocycles. The molecule has 4 nitrogen and oxygen atoms in total. The smallest absolute Gasteiger partial charge is 0.236 e. The molecule has 0 aromatic heterocycles. The molecule has 1 atom stereocenters. The van der Waals surface area contributed by atoms with Gasteiger partial charge < -0.3 is 4.90 Å². The molecule has 4 rings (SSSR count). The van der Waals surface area contributed by atoms with Crippen molar-refractivity contribution in [3.05, 3.63) is 71.8 Å². The van der Waals surface area contributed by atoms with Gasteiger partial charge in [-0.15, -0.1) is 0 Å². The molecule has 2 heterocycles. The van der Waals surface area contributed by atoms with Gasteiger partial charge in [0.25, 0.3) is 0 Å². The molecule has 0 bridgehead atoms. The number of piperazine rings is 1. The van der Waals surface area contributed by atoms with Crippen LogP contribution in [-0.2, 0) is 4.79 Å². The quantitative estimate of drug-likeness (QED) is 0.778. The Balaban J connectivity index is 1.39. The molecule has 0 radical (unpaired) electrons. The van der Waals surface area contributed by atoms with E-state index in [-0.39, 0.29) is 6.04 Å². The van der Waals surface area contributed by atoms with Crippen molar-refractivity contribution in [3.63, 3.8) is 0 Å². The van der Waals surface area contributed by atoms with Crippen LogP contribution in [0.1, 0.15) is 36.9 Å². The van der Waals surface area contributed by atoms with Crippen LogP contribution < -0.4 is 0 Å². The van der Waals surface area contributed by atoms with Crippen molar-refractivity contribution < 1.29 is 4.79 Å². The first-order chi connectivity index (χ1) is 14.2. The number of hydrogen-bond acceptors (Lipinski definition) is 3. The molecule has 2 fully saturated rings. The number of amides is 1. The molecule has 0 aliphatic carbocycles. The Kier molecular flexibility index (Phi) is 6.63. The largest absolute Gasteiger partial charge is 0.341 e. The zero-order valence-electron chi connectivity index (χ0n) is 17.5. The monoisotopic (exact) mass is 391 g/mol. The summed E-state index contributed by atoms with van der Waals surface area (Å²) < 4.78 is 0. The van der Waals surface area contributed by atoms with Gasteiger partial charge in [0.15, 0.2) is 0 Å². The van der Waals surface area contributed by atoms with Crippen molar-refractivity contribution in [1.29, 1.82) is 0 Å². The fourth-order valence-electron chi connectivity index (χ4n) is 4.77. The second-order valence-electron chi connectivity index (χ2n) is 8.62. The number of hydrogen-bond donors (Lipinski definition) is 0. The van der Waals surface area contributed by atoms with Crippen LogP contribution in [0.15, 0.2) is 60.7 Å². The van der Waals surface area contributed by atoms with E-state index >= 15 is 0 Å². The summed E-state index contributed by atoms with van der Waals surface area (Å²) in [5.74, 6) is 0.953. The molecular formula is C25H33N3O. The van der Waals surface area contributed by atoms with Gasteiger partial charge >= 0.3 is 0 Å². The van der Waals surface area contributed by atoms with Gasteiger partial charge in [-0.25, -0.2) is 0 Å². The molecule has 4 heteroatoms. The van der Waals surface area contributed by atoms with Gasteiger partial charge in [-0.05, 0) is 29.9 Å². The maximum absolute atomic E-state index is 12.7. The van der Waals surface area contributed by atoms with Crippen LogP contribution in [0.4, 0.5) is 0 Å². The third kappa shape index (κ3) is 5.06. The van der Waals surface area contributed by atoms with Gasteiger partial charge in [0.2, 0.25) is 5.91 Å². The predicted molar refractivity (Wildman–Crippen MR) is 118 cm³/mol. The summed E-state index contributed by atoms with van der Waals surface area (Å²) in [6, 6.07) is 21.8. The molecule has 29 heavy (non-hydrogen) atoms. The highest BCUT2D eigenvalue weighted by molar-refractivity contribution is 5.78. The van der Waals surface area contributed by atoms with Gasteiger partial charge in [-0.3, -0.25) is 14.6 Å². The first-order valence-electron chi connectivity index (χ1n) is 11.0. The summed E-state index contributed by atoms with van der Waals surface area (Å²) in [6.45, 7) is 8.57. The van der Waals surface area contributed by atoms with Crippen LogP contribution in [0.2, 0.25) is 0 Å². The van der Waals surface area contributed by atoms with Gasteiger partial charge in [-0.1, -0.05) is 67.6 Å². The third-order valence-electron chi connectivity index (χ3n) is 6.37. The van der Waals surface area contributed by atoms with Gasteiger partial charge in [0.05, 0.1) is 12.6 Å². The lowest BCUT2D eigenvalue weighted by Crippen LogP contribution is -2.51. The van der Waals surface area contributed by atoms with Crippen LogP contribution in [0.5, 0.6) is 0 Å². The number of likely N-dealkylation sites (tertiary alicyclic amines) is 1. The van der Waals surface area contributed by atoms with E-state index < -0.39 is 0 Å². The topological polar surface area (TPSA) is 26.8 Å². The van der Waals surface area contributed by atoms with Crippen molar-refractivity contribution in [3.8, 4) is 0 Å². The van der Waals surface area contributed by atoms with Crippen molar-refractivity contribution in [1.82, 2.24) is 14.7 Å². The SMILES string of the molecule is CC1CCCN(C(=O)CN2CCN(C(c3ccccc3)c3ccccc3)CC2)C1. The summed E-state index contributed by atoms with van der Waals surface area (Å²) >= 11 is 0. The summed E-state index contributed by atoms with van der Waals surface area (Å²) in [4.78, 5) is 19.7. The van der Waals surface area contributed by atoms with Gasteiger partial charge in [0, 0.05) is 39.3 Å². The van der Waals surface area contributed by atoms with Crippen LogP contribution in [0, 0.1) is 5.92 Å². The van der Waals surface area contributed by atoms with Crippen LogP contribution in [0.3, 0.4) is 0 Å². The highest BCUT2D eigenvalue weighted by Gasteiger charge is 2.28. The number of rotatable bonds is 5. The first-order valence-corrected chi connectivity index (χ1v) is 11.0. The molecule has 154 valence electrons. The zero-order chi connectivity index (χ0) is 20.1. The van der Waals surface area contributed by atoms with Crippen LogP contribution in [0.25, 0.3) is 0 Å². The summed E-state index contributed by atoms with van der Waals surface area (Å²) in [5, 5.41) is 0. The van der Waals surface area contributed by atoms with E-state index in [4.69, 9.17) is 0 Å².